The van der Waals surface area contributed by atoms with Crippen molar-refractivity contribution in [2.24, 2.45) is 0 Å². The fourth-order valence-electron chi connectivity index (χ4n) is 0.0833. The summed E-state index contributed by atoms with van der Waals surface area (Å²) in [5.41, 5.74) is 1.94. The Hall–Kier alpha value is 0.562. The van der Waals surface area contributed by atoms with Crippen LogP contribution in [0.3, 0.4) is 0 Å². The van der Waals surface area contributed by atoms with E-state index in [0.29, 0.717) is 0 Å². The van der Waals surface area contributed by atoms with E-state index in [2.05, 4.69) is 41.3 Å². The van der Waals surface area contributed by atoms with E-state index in [9.17, 15) is 0 Å². The van der Waals surface area contributed by atoms with Gasteiger partial charge in [-0.25, -0.2) is 0 Å². The SMILES string of the molecule is C=C[Si](C)(C)O[SiH3].C=[CH][Pt]([CH3])[CH3]. The maximum absolute atomic E-state index is 5.25. The molecule has 0 saturated carbocycles. The van der Waals surface area contributed by atoms with Gasteiger partial charge in [-0.1, -0.05) is 5.70 Å². The van der Waals surface area contributed by atoms with E-state index >= 15 is 0 Å². The van der Waals surface area contributed by atoms with Crippen LogP contribution in [0.1, 0.15) is 0 Å². The minimum atomic E-state index is -1.33. The van der Waals surface area contributed by atoms with Crippen LogP contribution in [0.15, 0.2) is 23.3 Å². The van der Waals surface area contributed by atoms with Crippen LogP contribution < -0.4 is 0 Å². The van der Waals surface area contributed by atoms with Crippen LogP contribution in [-0.2, 0) is 21.4 Å². The van der Waals surface area contributed by atoms with Crippen molar-refractivity contribution in [1.82, 2.24) is 0 Å². The molecule has 4 heteroatoms. The summed E-state index contributed by atoms with van der Waals surface area (Å²) in [6.07, 6.45) is 0. The third-order valence-electron chi connectivity index (χ3n) is 1.28. The van der Waals surface area contributed by atoms with E-state index in [1.54, 1.807) is 0 Å². The molecule has 0 aliphatic carbocycles. The third kappa shape index (κ3) is 13.2. The van der Waals surface area contributed by atoms with E-state index in [4.69, 9.17) is 4.12 Å². The second-order valence-electron chi connectivity index (χ2n) is 2.82. The molecule has 0 atom stereocenters. The Kier molecular flexibility index (Phi) is 10.3. The van der Waals surface area contributed by atoms with Gasteiger partial charge in [-0.3, -0.25) is 0 Å². The Bertz CT molecular complexity index is 135. The molecule has 0 radical (unpaired) electrons. The van der Waals surface area contributed by atoms with Gasteiger partial charge in [0.25, 0.3) is 0 Å². The first-order valence-corrected chi connectivity index (χ1v) is 13.2. The second kappa shape index (κ2) is 8.17. The molecular weight excluding hydrogens is 363 g/mol. The van der Waals surface area contributed by atoms with Crippen LogP contribution in [0.4, 0.5) is 0 Å². The molecule has 0 heterocycles. The molecule has 0 aromatic carbocycles. The van der Waals surface area contributed by atoms with E-state index in [1.165, 1.54) is 0 Å². The van der Waals surface area contributed by atoms with Gasteiger partial charge in [0.2, 0.25) is 0 Å². The molecule has 1 nitrogen and oxygen atoms in total. The van der Waals surface area contributed by atoms with Gasteiger partial charge in [0.1, 0.15) is 10.5 Å². The number of rotatable bonds is 3. The fourth-order valence-corrected chi connectivity index (χ4v) is 0.750. The van der Waals surface area contributed by atoms with Crippen molar-refractivity contribution in [3.63, 3.8) is 0 Å². The number of hydrogen-bond donors (Lipinski definition) is 0. The summed E-state index contributed by atoms with van der Waals surface area (Å²) in [4.78, 5) is 0. The monoisotopic (exact) mass is 384 g/mol. The molecule has 0 N–H and O–H groups in total. The molecule has 0 amide bonds. The van der Waals surface area contributed by atoms with Gasteiger partial charge in [0, 0.05) is 0 Å². The van der Waals surface area contributed by atoms with Crippen LogP contribution in [-0.4, -0.2) is 18.8 Å². The summed E-state index contributed by atoms with van der Waals surface area (Å²) in [5.74, 6) is 0. The van der Waals surface area contributed by atoms with Gasteiger partial charge in [-0.05, 0) is 13.1 Å². The maximum atomic E-state index is 5.25. The number of hydrogen-bond acceptors (Lipinski definition) is 1. The minimum absolute atomic E-state index is 0.524. The summed E-state index contributed by atoms with van der Waals surface area (Å²) < 4.78 is 7.32. The van der Waals surface area contributed by atoms with E-state index in [1.807, 2.05) is 5.70 Å². The van der Waals surface area contributed by atoms with Gasteiger partial charge in [0.05, 0.1) is 0 Å². The molecule has 0 saturated heterocycles. The van der Waals surface area contributed by atoms with Crippen molar-refractivity contribution >= 4 is 18.8 Å². The molecule has 0 bridgehead atoms. The average Bonchev–Trinajstić information content (AvgIpc) is 2.05. The summed E-state index contributed by atoms with van der Waals surface area (Å²) in [6, 6.07) is 0. The summed E-state index contributed by atoms with van der Waals surface area (Å²) in [5, 5.41) is 4.52. The van der Waals surface area contributed by atoms with Crippen LogP contribution >= 0.6 is 0 Å². The van der Waals surface area contributed by atoms with Gasteiger partial charge < -0.3 is 4.12 Å². The zero-order valence-corrected chi connectivity index (χ0v) is 14.1. The second-order valence-corrected chi connectivity index (χ2v) is 13.9. The molecule has 0 spiro atoms. The Labute approximate surface area is 87.1 Å². The Morgan fingerprint density at radius 1 is 1.33 bits per heavy atom. The average molecular weight is 385 g/mol. The van der Waals surface area contributed by atoms with Gasteiger partial charge in [-0.15, -0.1) is 6.58 Å². The van der Waals surface area contributed by atoms with Crippen molar-refractivity contribution in [1.29, 1.82) is 0 Å². The molecule has 77 valence electrons. The predicted octanol–water partition coefficient (Wildman–Crippen LogP) is 2.06. The Morgan fingerprint density at radius 3 is 1.67 bits per heavy atom. The first kappa shape index (κ1) is 15.1. The van der Waals surface area contributed by atoms with Crippen molar-refractivity contribution in [2.75, 3.05) is 0 Å². The molecule has 0 unspecified atom stereocenters. The van der Waals surface area contributed by atoms with Crippen molar-refractivity contribution in [3.05, 3.63) is 23.3 Å². The van der Waals surface area contributed by atoms with Crippen LogP contribution in [0.5, 0.6) is 0 Å². The summed E-state index contributed by atoms with van der Waals surface area (Å²) in [6.45, 7) is 11.6. The summed E-state index contributed by atoms with van der Waals surface area (Å²) in [7, 11) is -0.478. The fraction of sp³-hybridized carbons (Fsp3) is 0.500. The molecule has 0 fully saturated rings. The van der Waals surface area contributed by atoms with Crippen LogP contribution in [0.25, 0.3) is 0 Å². The van der Waals surface area contributed by atoms with E-state index in [0.717, 1.165) is 10.5 Å². The Balaban J connectivity index is 0. The van der Waals surface area contributed by atoms with Crippen molar-refractivity contribution < 1.29 is 21.4 Å². The predicted molar refractivity (Wildman–Crippen MR) is 60.6 cm³/mol. The third-order valence-corrected chi connectivity index (χ3v) is 8.32. The van der Waals surface area contributed by atoms with E-state index < -0.39 is 25.6 Å². The van der Waals surface area contributed by atoms with Crippen LogP contribution in [0.2, 0.25) is 23.7 Å². The van der Waals surface area contributed by atoms with Crippen molar-refractivity contribution in [3.8, 4) is 0 Å². The first-order chi connectivity index (χ1) is 5.39. The zero-order valence-electron chi connectivity index (χ0n) is 8.79. The molecule has 0 aromatic rings. The quantitative estimate of drug-likeness (QED) is 0.677. The van der Waals surface area contributed by atoms with E-state index in [-0.39, 0.29) is 0 Å². The van der Waals surface area contributed by atoms with Crippen molar-refractivity contribution in [2.45, 2.75) is 23.7 Å². The van der Waals surface area contributed by atoms with Gasteiger partial charge >= 0.3 is 39.0 Å². The normalized spacial score (nSPS) is 11.2. The molecule has 0 rings (SSSR count). The molecular formula is C8H21OPtSi2. The zero-order chi connectivity index (χ0) is 10.2. The topological polar surface area (TPSA) is 9.23 Å². The van der Waals surface area contributed by atoms with Crippen LogP contribution in [0, 0.1) is 0 Å². The molecule has 0 aliphatic heterocycles. The first-order valence-electron chi connectivity index (χ1n) is 3.53. The van der Waals surface area contributed by atoms with Gasteiger partial charge in [-0.2, -0.15) is 0 Å². The Morgan fingerprint density at radius 2 is 1.67 bits per heavy atom. The molecule has 12 heavy (non-hydrogen) atoms. The summed E-state index contributed by atoms with van der Waals surface area (Å²) >= 11 is -0.524. The standard InChI is InChI=1S/C4H12OSi2.C2H3.2CH3.Pt/c1-4-7(2,3)5-6;1-2;;;/h4H,1H2,2-3,6H3;1H,2H2;2*1H3;. The molecule has 0 aliphatic rings. The van der Waals surface area contributed by atoms with Gasteiger partial charge in [0.15, 0.2) is 8.32 Å². The molecule has 0 aromatic heterocycles.